The van der Waals surface area contributed by atoms with Gasteiger partial charge in [0.1, 0.15) is 0 Å². The van der Waals surface area contributed by atoms with Crippen LogP contribution >= 0.6 is 0 Å². The van der Waals surface area contributed by atoms with Crippen molar-refractivity contribution in [1.82, 2.24) is 0 Å². The van der Waals surface area contributed by atoms with Crippen molar-refractivity contribution in [2.75, 3.05) is 11.4 Å². The van der Waals surface area contributed by atoms with Crippen molar-refractivity contribution in [3.63, 3.8) is 0 Å². The molecule has 0 radical (unpaired) electrons. The molecule has 3 heteroatoms. The van der Waals surface area contributed by atoms with Crippen molar-refractivity contribution in [3.8, 4) is 0 Å². The molecule has 1 aliphatic carbocycles. The summed E-state index contributed by atoms with van der Waals surface area (Å²) < 4.78 is 0. The minimum absolute atomic E-state index is 0.613. The van der Waals surface area contributed by atoms with Crippen molar-refractivity contribution in [3.05, 3.63) is 29.3 Å². The van der Waals surface area contributed by atoms with Crippen LogP contribution in [-0.4, -0.2) is 23.7 Å². The van der Waals surface area contributed by atoms with E-state index >= 15 is 0 Å². The van der Waals surface area contributed by atoms with Crippen LogP contribution in [0, 0.1) is 0 Å². The van der Waals surface area contributed by atoms with E-state index < -0.39 is 11.4 Å². The van der Waals surface area contributed by atoms with E-state index in [4.69, 9.17) is 0 Å². The zero-order valence-electron chi connectivity index (χ0n) is 12.4. The van der Waals surface area contributed by atoms with Gasteiger partial charge in [0.25, 0.3) is 0 Å². The van der Waals surface area contributed by atoms with E-state index in [9.17, 15) is 9.90 Å². The lowest BCUT2D eigenvalue weighted by atomic mass is 9.82. The van der Waals surface area contributed by atoms with Crippen molar-refractivity contribution < 1.29 is 9.90 Å². The summed E-state index contributed by atoms with van der Waals surface area (Å²) in [7, 11) is 0. The number of hydrogen-bond acceptors (Lipinski definition) is 2. The molecule has 0 aromatic heterocycles. The highest BCUT2D eigenvalue weighted by Gasteiger charge is 2.37. The Bertz CT molecular complexity index is 530. The number of carboxylic acids is 1. The SMILES string of the molecule is CC(C)(C(=O)O)c1cccc2c1N(C1CCCC1)CC2. The lowest BCUT2D eigenvalue weighted by Gasteiger charge is -2.32. The number of carbonyl (C=O) groups is 1. The Hall–Kier alpha value is -1.51. The van der Waals surface area contributed by atoms with Crippen LogP contribution in [0.2, 0.25) is 0 Å². The van der Waals surface area contributed by atoms with Crippen molar-refractivity contribution >= 4 is 11.7 Å². The van der Waals surface area contributed by atoms with E-state index in [1.54, 1.807) is 0 Å². The van der Waals surface area contributed by atoms with E-state index in [-0.39, 0.29) is 0 Å². The van der Waals surface area contributed by atoms with Gasteiger partial charge in [-0.2, -0.15) is 0 Å². The van der Waals surface area contributed by atoms with Gasteiger partial charge in [-0.05, 0) is 44.2 Å². The predicted molar refractivity (Wildman–Crippen MR) is 80.4 cm³/mol. The molecular formula is C17H23NO2. The molecule has 3 rings (SSSR count). The first kappa shape index (κ1) is 13.5. The molecule has 108 valence electrons. The third kappa shape index (κ3) is 2.00. The van der Waals surface area contributed by atoms with Crippen LogP contribution in [-0.2, 0) is 16.6 Å². The average molecular weight is 273 g/mol. The normalized spacial score (nSPS) is 19.4. The quantitative estimate of drug-likeness (QED) is 0.918. The Morgan fingerprint density at radius 1 is 1.30 bits per heavy atom. The maximum atomic E-state index is 11.6. The first-order valence-electron chi connectivity index (χ1n) is 7.64. The smallest absolute Gasteiger partial charge is 0.313 e. The zero-order chi connectivity index (χ0) is 14.3. The van der Waals surface area contributed by atoms with Gasteiger partial charge in [-0.3, -0.25) is 4.79 Å². The first-order chi connectivity index (χ1) is 9.51. The standard InChI is InChI=1S/C17H23NO2/c1-17(2,16(19)20)14-9-5-6-12-10-11-18(15(12)14)13-7-3-4-8-13/h5-6,9,13H,3-4,7-8,10-11H2,1-2H3,(H,19,20). The number of anilines is 1. The van der Waals surface area contributed by atoms with E-state index in [0.29, 0.717) is 6.04 Å². The number of para-hydroxylation sites is 1. The Morgan fingerprint density at radius 2 is 2.00 bits per heavy atom. The highest BCUT2D eigenvalue weighted by atomic mass is 16.4. The molecule has 0 atom stereocenters. The Kier molecular flexibility index (Phi) is 3.23. The molecule has 3 nitrogen and oxygen atoms in total. The number of nitrogens with zero attached hydrogens (tertiary/aromatic N) is 1. The lowest BCUT2D eigenvalue weighted by molar-refractivity contribution is -0.142. The monoisotopic (exact) mass is 273 g/mol. The average Bonchev–Trinajstić information content (AvgIpc) is 3.06. The molecule has 2 aliphatic rings. The third-order valence-corrected chi connectivity index (χ3v) is 5.00. The Labute approximate surface area is 120 Å². The van der Waals surface area contributed by atoms with Crippen molar-refractivity contribution in [2.24, 2.45) is 0 Å². The predicted octanol–water partition coefficient (Wildman–Crippen LogP) is 3.35. The molecule has 1 fully saturated rings. The van der Waals surface area contributed by atoms with E-state index in [2.05, 4.69) is 11.0 Å². The third-order valence-electron chi connectivity index (χ3n) is 5.00. The number of aliphatic carboxylic acids is 1. The molecule has 0 unspecified atom stereocenters. The molecular weight excluding hydrogens is 250 g/mol. The topological polar surface area (TPSA) is 40.5 Å². The summed E-state index contributed by atoms with van der Waals surface area (Å²) in [6.45, 7) is 4.68. The van der Waals surface area contributed by atoms with Gasteiger partial charge in [-0.25, -0.2) is 0 Å². The zero-order valence-corrected chi connectivity index (χ0v) is 12.4. The summed E-state index contributed by atoms with van der Waals surface area (Å²) in [4.78, 5) is 14.1. The minimum atomic E-state index is -0.827. The van der Waals surface area contributed by atoms with Gasteiger partial charge in [-0.15, -0.1) is 0 Å². The minimum Gasteiger partial charge on any atom is -0.481 e. The number of carboxylic acid groups (broad SMARTS) is 1. The van der Waals surface area contributed by atoms with Gasteiger partial charge in [0.15, 0.2) is 0 Å². The second kappa shape index (κ2) is 4.80. The molecule has 1 aromatic rings. The lowest BCUT2D eigenvalue weighted by Crippen LogP contribution is -2.35. The van der Waals surface area contributed by atoms with Gasteiger partial charge >= 0.3 is 5.97 Å². The summed E-state index contributed by atoms with van der Waals surface area (Å²) >= 11 is 0. The van der Waals surface area contributed by atoms with Gasteiger partial charge in [0.05, 0.1) is 5.41 Å². The largest absolute Gasteiger partial charge is 0.481 e. The maximum absolute atomic E-state index is 11.6. The molecule has 20 heavy (non-hydrogen) atoms. The van der Waals surface area contributed by atoms with E-state index in [1.165, 1.54) is 36.9 Å². The fourth-order valence-electron chi connectivity index (χ4n) is 3.69. The van der Waals surface area contributed by atoms with Crippen molar-refractivity contribution in [2.45, 2.75) is 57.4 Å². The fourth-order valence-corrected chi connectivity index (χ4v) is 3.69. The molecule has 0 saturated heterocycles. The highest BCUT2D eigenvalue weighted by Crippen LogP contribution is 2.42. The maximum Gasteiger partial charge on any atom is 0.313 e. The molecule has 1 saturated carbocycles. The van der Waals surface area contributed by atoms with Gasteiger partial charge in [0, 0.05) is 18.3 Å². The molecule has 0 amide bonds. The highest BCUT2D eigenvalue weighted by molar-refractivity contribution is 5.84. The molecule has 1 aliphatic heterocycles. The number of hydrogen-bond donors (Lipinski definition) is 1. The van der Waals surface area contributed by atoms with Crippen LogP contribution in [0.3, 0.4) is 0 Å². The summed E-state index contributed by atoms with van der Waals surface area (Å²) in [5.74, 6) is -0.746. The summed E-state index contributed by atoms with van der Waals surface area (Å²) in [5, 5.41) is 9.56. The van der Waals surface area contributed by atoms with Crippen LogP contribution in [0.25, 0.3) is 0 Å². The summed E-state index contributed by atoms with van der Waals surface area (Å²) in [6.07, 6.45) is 6.17. The van der Waals surface area contributed by atoms with Crippen LogP contribution < -0.4 is 4.90 Å². The second-order valence-corrected chi connectivity index (χ2v) is 6.63. The fraction of sp³-hybridized carbons (Fsp3) is 0.588. The van der Waals surface area contributed by atoms with Gasteiger partial charge in [0.2, 0.25) is 0 Å². The second-order valence-electron chi connectivity index (χ2n) is 6.63. The Morgan fingerprint density at radius 3 is 2.65 bits per heavy atom. The Balaban J connectivity index is 2.06. The summed E-state index contributed by atoms with van der Waals surface area (Å²) in [6, 6.07) is 6.78. The van der Waals surface area contributed by atoms with E-state index in [1.807, 2.05) is 26.0 Å². The van der Waals surface area contributed by atoms with Crippen LogP contribution in [0.4, 0.5) is 5.69 Å². The van der Waals surface area contributed by atoms with Crippen LogP contribution in [0.5, 0.6) is 0 Å². The van der Waals surface area contributed by atoms with E-state index in [0.717, 1.165) is 18.5 Å². The molecule has 1 aromatic carbocycles. The number of fused-ring (bicyclic) bond motifs is 1. The molecule has 0 spiro atoms. The molecule has 1 heterocycles. The molecule has 0 bridgehead atoms. The van der Waals surface area contributed by atoms with Crippen LogP contribution in [0.1, 0.15) is 50.7 Å². The number of rotatable bonds is 3. The van der Waals surface area contributed by atoms with Crippen molar-refractivity contribution in [1.29, 1.82) is 0 Å². The molecule has 1 N–H and O–H groups in total. The number of benzene rings is 1. The summed E-state index contributed by atoms with van der Waals surface area (Å²) in [5.41, 5.74) is 2.69. The van der Waals surface area contributed by atoms with Crippen LogP contribution in [0.15, 0.2) is 18.2 Å². The van der Waals surface area contributed by atoms with Gasteiger partial charge in [-0.1, -0.05) is 31.0 Å². The van der Waals surface area contributed by atoms with Gasteiger partial charge < -0.3 is 10.0 Å². The first-order valence-corrected chi connectivity index (χ1v) is 7.64.